The number of rotatable bonds is 3. The molecule has 140 valence electrons. The molecule has 1 aromatic rings. The van der Waals surface area contributed by atoms with Gasteiger partial charge in [0.2, 0.25) is 5.91 Å². The molecule has 7 heteroatoms. The van der Waals surface area contributed by atoms with E-state index in [1.54, 1.807) is 4.90 Å². The van der Waals surface area contributed by atoms with Crippen LogP contribution in [-0.2, 0) is 4.79 Å². The highest BCUT2D eigenvalue weighted by Gasteiger charge is 2.43. The van der Waals surface area contributed by atoms with Crippen LogP contribution in [0.3, 0.4) is 0 Å². The van der Waals surface area contributed by atoms with Crippen molar-refractivity contribution in [2.75, 3.05) is 19.6 Å². The highest BCUT2D eigenvalue weighted by Crippen LogP contribution is 2.27. The van der Waals surface area contributed by atoms with Crippen LogP contribution in [0.25, 0.3) is 0 Å². The van der Waals surface area contributed by atoms with Gasteiger partial charge in [0.15, 0.2) is 0 Å². The van der Waals surface area contributed by atoms with E-state index >= 15 is 0 Å². The lowest BCUT2D eigenvalue weighted by Gasteiger charge is -2.33. The van der Waals surface area contributed by atoms with E-state index in [0.29, 0.717) is 13.1 Å². The van der Waals surface area contributed by atoms with Crippen molar-refractivity contribution in [2.24, 2.45) is 0 Å². The number of nitrogens with one attached hydrogen (secondary N) is 1. The molecule has 0 radical (unpaired) electrons. The number of aryl methyl sites for hydroxylation is 2. The van der Waals surface area contributed by atoms with Gasteiger partial charge in [-0.15, -0.1) is 12.4 Å². The van der Waals surface area contributed by atoms with Crippen molar-refractivity contribution < 1.29 is 18.3 Å². The number of halogens is 3. The Morgan fingerprint density at radius 3 is 2.48 bits per heavy atom. The van der Waals surface area contributed by atoms with E-state index in [9.17, 15) is 13.6 Å². The van der Waals surface area contributed by atoms with E-state index in [-0.39, 0.29) is 24.4 Å². The van der Waals surface area contributed by atoms with Crippen LogP contribution in [-0.4, -0.2) is 48.5 Å². The summed E-state index contributed by atoms with van der Waals surface area (Å²) in [5.74, 6) is -2.14. The summed E-state index contributed by atoms with van der Waals surface area (Å²) in [6.45, 7) is 4.81. The number of carbonyl (C=O) groups excluding carboxylic acids is 1. The smallest absolute Gasteiger partial charge is 0.262 e. The van der Waals surface area contributed by atoms with E-state index in [1.807, 2.05) is 25.1 Å². The number of ether oxygens (including phenoxy) is 1. The molecular formula is C18H25ClF2N2O2. The third kappa shape index (κ3) is 4.82. The lowest BCUT2D eigenvalue weighted by Crippen LogP contribution is -2.48. The monoisotopic (exact) mass is 374 g/mol. The molecule has 4 nitrogen and oxygen atoms in total. The predicted octanol–water partition coefficient (Wildman–Crippen LogP) is 3.09. The van der Waals surface area contributed by atoms with Crippen molar-refractivity contribution in [1.82, 2.24) is 10.2 Å². The molecule has 0 bridgehead atoms. The second-order valence-corrected chi connectivity index (χ2v) is 6.88. The molecule has 1 aromatic carbocycles. The molecule has 3 rings (SSSR count). The standard InChI is InChI=1S/C18H24F2N2O2.ClH/c1-12-3-4-15(9-13(12)2)24-14-5-7-22(8-6-14)17(23)16-10-18(19,20)11-21-16;/h3-4,9,14,16,21H,5-8,10-11H2,1-2H3;1H. The first kappa shape index (κ1) is 19.9. The molecule has 0 spiro atoms. The first-order chi connectivity index (χ1) is 11.3. The van der Waals surface area contributed by atoms with Crippen LogP contribution >= 0.6 is 12.4 Å². The summed E-state index contributed by atoms with van der Waals surface area (Å²) in [6, 6.07) is 5.27. The molecule has 2 heterocycles. The molecule has 1 unspecified atom stereocenters. The average molecular weight is 375 g/mol. The Bertz CT molecular complexity index is 619. The number of piperidine rings is 1. The van der Waals surface area contributed by atoms with Gasteiger partial charge in [0, 0.05) is 32.4 Å². The van der Waals surface area contributed by atoms with Gasteiger partial charge >= 0.3 is 0 Å². The summed E-state index contributed by atoms with van der Waals surface area (Å²) in [6.07, 6.45) is 1.11. The number of nitrogens with zero attached hydrogens (tertiary/aromatic N) is 1. The van der Waals surface area contributed by atoms with Crippen molar-refractivity contribution >= 4 is 18.3 Å². The van der Waals surface area contributed by atoms with E-state index in [4.69, 9.17) is 4.74 Å². The Morgan fingerprint density at radius 1 is 1.24 bits per heavy atom. The minimum atomic E-state index is -2.77. The lowest BCUT2D eigenvalue weighted by molar-refractivity contribution is -0.135. The number of hydrogen-bond donors (Lipinski definition) is 1. The molecule has 2 aliphatic heterocycles. The van der Waals surface area contributed by atoms with Gasteiger partial charge in [-0.25, -0.2) is 8.78 Å². The van der Waals surface area contributed by atoms with Crippen molar-refractivity contribution in [2.45, 2.75) is 51.2 Å². The number of benzene rings is 1. The zero-order valence-electron chi connectivity index (χ0n) is 14.6. The van der Waals surface area contributed by atoms with Crippen LogP contribution in [0.15, 0.2) is 18.2 Å². The first-order valence-electron chi connectivity index (χ1n) is 8.48. The summed E-state index contributed by atoms with van der Waals surface area (Å²) < 4.78 is 32.5. The van der Waals surface area contributed by atoms with Crippen LogP contribution in [0.2, 0.25) is 0 Å². The van der Waals surface area contributed by atoms with Gasteiger partial charge < -0.3 is 9.64 Å². The van der Waals surface area contributed by atoms with Gasteiger partial charge in [-0.1, -0.05) is 6.07 Å². The number of carbonyl (C=O) groups is 1. The van der Waals surface area contributed by atoms with E-state index < -0.39 is 24.9 Å². The molecule has 2 saturated heterocycles. The Labute approximate surface area is 153 Å². The van der Waals surface area contributed by atoms with Crippen LogP contribution in [0, 0.1) is 13.8 Å². The molecule has 0 aromatic heterocycles. The Balaban J connectivity index is 0.00000225. The molecule has 1 N–H and O–H groups in total. The summed E-state index contributed by atoms with van der Waals surface area (Å²) in [5.41, 5.74) is 2.41. The van der Waals surface area contributed by atoms with E-state index in [1.165, 1.54) is 11.1 Å². The quantitative estimate of drug-likeness (QED) is 0.884. The number of likely N-dealkylation sites (tertiary alicyclic amines) is 1. The van der Waals surface area contributed by atoms with Crippen molar-refractivity contribution in [3.63, 3.8) is 0 Å². The van der Waals surface area contributed by atoms with Crippen molar-refractivity contribution in [3.8, 4) is 5.75 Å². The normalized spacial score (nSPS) is 23.2. The van der Waals surface area contributed by atoms with Gasteiger partial charge in [0.25, 0.3) is 5.92 Å². The molecule has 0 saturated carbocycles. The topological polar surface area (TPSA) is 41.6 Å². The summed E-state index contributed by atoms with van der Waals surface area (Å²) in [4.78, 5) is 14.0. The van der Waals surface area contributed by atoms with Crippen LogP contribution < -0.4 is 10.1 Å². The van der Waals surface area contributed by atoms with Crippen LogP contribution in [0.1, 0.15) is 30.4 Å². The van der Waals surface area contributed by atoms with Crippen LogP contribution in [0.4, 0.5) is 8.78 Å². The molecule has 25 heavy (non-hydrogen) atoms. The minimum absolute atomic E-state index is 0. The zero-order chi connectivity index (χ0) is 17.3. The van der Waals surface area contributed by atoms with Gasteiger partial charge in [-0.3, -0.25) is 10.1 Å². The second kappa shape index (κ2) is 7.87. The minimum Gasteiger partial charge on any atom is -0.490 e. The molecule has 2 aliphatic rings. The molecule has 1 amide bonds. The fourth-order valence-corrected chi connectivity index (χ4v) is 3.28. The molecule has 2 fully saturated rings. The summed E-state index contributed by atoms with van der Waals surface area (Å²) >= 11 is 0. The number of amides is 1. The van der Waals surface area contributed by atoms with E-state index in [0.717, 1.165) is 18.6 Å². The molecule has 0 aliphatic carbocycles. The third-order valence-electron chi connectivity index (χ3n) is 4.94. The van der Waals surface area contributed by atoms with Crippen molar-refractivity contribution in [1.29, 1.82) is 0 Å². The Morgan fingerprint density at radius 2 is 1.92 bits per heavy atom. The summed E-state index contributed by atoms with van der Waals surface area (Å²) in [7, 11) is 0. The number of alkyl halides is 2. The molecular weight excluding hydrogens is 350 g/mol. The van der Waals surface area contributed by atoms with Gasteiger partial charge in [0.1, 0.15) is 11.9 Å². The maximum atomic E-state index is 13.2. The first-order valence-corrected chi connectivity index (χ1v) is 8.48. The highest BCUT2D eigenvalue weighted by molar-refractivity contribution is 5.85. The highest BCUT2D eigenvalue weighted by atomic mass is 35.5. The van der Waals surface area contributed by atoms with Crippen LogP contribution in [0.5, 0.6) is 5.75 Å². The van der Waals surface area contributed by atoms with Gasteiger partial charge in [0.05, 0.1) is 12.6 Å². The lowest BCUT2D eigenvalue weighted by atomic mass is 10.1. The van der Waals surface area contributed by atoms with Gasteiger partial charge in [-0.2, -0.15) is 0 Å². The third-order valence-corrected chi connectivity index (χ3v) is 4.94. The largest absolute Gasteiger partial charge is 0.490 e. The Hall–Kier alpha value is -1.40. The number of hydrogen-bond acceptors (Lipinski definition) is 3. The fourth-order valence-electron chi connectivity index (χ4n) is 3.28. The fraction of sp³-hybridized carbons (Fsp3) is 0.611. The zero-order valence-corrected chi connectivity index (χ0v) is 15.4. The Kier molecular flexibility index (Phi) is 6.27. The average Bonchev–Trinajstić information content (AvgIpc) is 2.91. The summed E-state index contributed by atoms with van der Waals surface area (Å²) in [5, 5.41) is 2.63. The SMILES string of the molecule is Cc1ccc(OC2CCN(C(=O)C3CC(F)(F)CN3)CC2)cc1C.Cl. The van der Waals surface area contributed by atoms with Crippen molar-refractivity contribution in [3.05, 3.63) is 29.3 Å². The maximum Gasteiger partial charge on any atom is 0.262 e. The van der Waals surface area contributed by atoms with Gasteiger partial charge in [-0.05, 0) is 37.1 Å². The van der Waals surface area contributed by atoms with E-state index in [2.05, 4.69) is 12.2 Å². The second-order valence-electron chi connectivity index (χ2n) is 6.88. The predicted molar refractivity (Wildman–Crippen MR) is 94.7 cm³/mol. The molecule has 1 atom stereocenters. The maximum absolute atomic E-state index is 13.2.